The van der Waals surface area contributed by atoms with Gasteiger partial charge in [0.05, 0.1) is 0 Å². The molecule has 0 saturated heterocycles. The smallest absolute Gasteiger partial charge is 0.399 e. The lowest BCUT2D eigenvalue weighted by Gasteiger charge is -2.32. The highest BCUT2D eigenvalue weighted by Crippen LogP contribution is 2.42. The number of benzene rings is 1. The molecule has 1 aromatic rings. The third-order valence-corrected chi connectivity index (χ3v) is 6.12. The molecule has 1 fully saturated rings. The SMILES string of the molecule is CCCCCC1CCC(C2=Cc3cc(F)c(OC(F)(F)F)c(F)c3CC2)CC1. The first-order valence-corrected chi connectivity index (χ1v) is 10.3. The van der Waals surface area contributed by atoms with Crippen molar-refractivity contribution in [3.63, 3.8) is 0 Å². The number of ether oxygens (including phenoxy) is 1. The molecule has 1 saturated carbocycles. The molecular formula is C22H27F5O. The van der Waals surface area contributed by atoms with Gasteiger partial charge >= 0.3 is 6.36 Å². The molecule has 0 atom stereocenters. The van der Waals surface area contributed by atoms with Crippen LogP contribution in [0.15, 0.2) is 11.6 Å². The molecule has 0 radical (unpaired) electrons. The van der Waals surface area contributed by atoms with Crippen molar-refractivity contribution in [2.75, 3.05) is 0 Å². The van der Waals surface area contributed by atoms with Gasteiger partial charge in [0.15, 0.2) is 11.6 Å². The number of allylic oxidation sites excluding steroid dienone is 1. The number of halogens is 5. The highest BCUT2D eigenvalue weighted by Gasteiger charge is 2.36. The van der Waals surface area contributed by atoms with E-state index in [4.69, 9.17) is 0 Å². The summed E-state index contributed by atoms with van der Waals surface area (Å²) in [7, 11) is 0. The van der Waals surface area contributed by atoms with Crippen LogP contribution in [0.2, 0.25) is 0 Å². The Morgan fingerprint density at radius 2 is 1.75 bits per heavy atom. The summed E-state index contributed by atoms with van der Waals surface area (Å²) in [4.78, 5) is 0. The van der Waals surface area contributed by atoms with Gasteiger partial charge in [0.1, 0.15) is 0 Å². The average molecular weight is 402 g/mol. The van der Waals surface area contributed by atoms with Crippen LogP contribution in [0.1, 0.15) is 75.8 Å². The minimum atomic E-state index is -5.12. The molecule has 2 aliphatic rings. The molecule has 0 aromatic heterocycles. The fourth-order valence-corrected chi connectivity index (χ4v) is 4.62. The van der Waals surface area contributed by atoms with Crippen LogP contribution in [0.3, 0.4) is 0 Å². The molecule has 1 nitrogen and oxygen atoms in total. The van der Waals surface area contributed by atoms with Gasteiger partial charge in [-0.05, 0) is 67.6 Å². The van der Waals surface area contributed by atoms with Gasteiger partial charge in [0.25, 0.3) is 0 Å². The van der Waals surface area contributed by atoms with Crippen molar-refractivity contribution in [2.45, 2.75) is 77.5 Å². The van der Waals surface area contributed by atoms with Crippen LogP contribution in [0.5, 0.6) is 5.75 Å². The van der Waals surface area contributed by atoms with Gasteiger partial charge < -0.3 is 4.74 Å². The van der Waals surface area contributed by atoms with Crippen molar-refractivity contribution in [1.82, 2.24) is 0 Å². The molecular weight excluding hydrogens is 375 g/mol. The summed E-state index contributed by atoms with van der Waals surface area (Å²) in [5.74, 6) is -2.72. The monoisotopic (exact) mass is 402 g/mol. The van der Waals surface area contributed by atoms with Gasteiger partial charge in [0.2, 0.25) is 5.75 Å². The van der Waals surface area contributed by atoms with Gasteiger partial charge in [-0.15, -0.1) is 13.2 Å². The Morgan fingerprint density at radius 1 is 1.04 bits per heavy atom. The normalized spacial score (nSPS) is 22.6. The predicted octanol–water partition coefficient (Wildman–Crippen LogP) is 7.58. The predicted molar refractivity (Wildman–Crippen MR) is 98.9 cm³/mol. The maximum atomic E-state index is 14.4. The van der Waals surface area contributed by atoms with Crippen LogP contribution < -0.4 is 4.74 Å². The summed E-state index contributed by atoms with van der Waals surface area (Å²) in [6, 6.07) is 0.967. The lowest BCUT2D eigenvalue weighted by Crippen LogP contribution is -2.21. The highest BCUT2D eigenvalue weighted by molar-refractivity contribution is 5.62. The van der Waals surface area contributed by atoms with E-state index in [9.17, 15) is 22.0 Å². The van der Waals surface area contributed by atoms with Crippen LogP contribution >= 0.6 is 0 Å². The minimum absolute atomic E-state index is 0.109. The van der Waals surface area contributed by atoms with Gasteiger partial charge in [-0.25, -0.2) is 8.78 Å². The van der Waals surface area contributed by atoms with E-state index in [0.717, 1.165) is 24.8 Å². The lowest BCUT2D eigenvalue weighted by molar-refractivity contribution is -0.276. The first-order chi connectivity index (χ1) is 13.3. The largest absolute Gasteiger partial charge is 0.573 e. The zero-order chi connectivity index (χ0) is 20.3. The van der Waals surface area contributed by atoms with Crippen LogP contribution in [0, 0.1) is 23.5 Å². The Labute approximate surface area is 163 Å². The summed E-state index contributed by atoms with van der Waals surface area (Å²) in [6.45, 7) is 2.20. The molecule has 0 heterocycles. The van der Waals surface area contributed by atoms with Crippen LogP contribution in [-0.4, -0.2) is 6.36 Å². The molecule has 0 unspecified atom stereocenters. The Kier molecular flexibility index (Phi) is 6.66. The molecule has 0 aliphatic heterocycles. The first-order valence-electron chi connectivity index (χ1n) is 10.3. The van der Waals surface area contributed by atoms with Gasteiger partial charge in [-0.3, -0.25) is 0 Å². The fraction of sp³-hybridized carbons (Fsp3) is 0.636. The topological polar surface area (TPSA) is 9.23 Å². The summed E-state index contributed by atoms with van der Waals surface area (Å²) in [5, 5.41) is 0. The van der Waals surface area contributed by atoms with Crippen LogP contribution in [0.4, 0.5) is 22.0 Å². The molecule has 156 valence electrons. The molecule has 3 rings (SSSR count). The summed E-state index contributed by atoms with van der Waals surface area (Å²) in [5.41, 5.74) is 1.62. The number of unbranched alkanes of at least 4 members (excludes halogenated alkanes) is 2. The van der Waals surface area contributed by atoms with E-state index in [1.165, 1.54) is 44.1 Å². The fourth-order valence-electron chi connectivity index (χ4n) is 4.62. The van der Waals surface area contributed by atoms with Crippen molar-refractivity contribution < 1.29 is 26.7 Å². The maximum absolute atomic E-state index is 14.4. The van der Waals surface area contributed by atoms with Crippen LogP contribution in [0.25, 0.3) is 6.08 Å². The highest BCUT2D eigenvalue weighted by atomic mass is 19.4. The average Bonchev–Trinajstić information content (AvgIpc) is 2.65. The second kappa shape index (κ2) is 8.83. The molecule has 0 bridgehead atoms. The van der Waals surface area contributed by atoms with E-state index in [1.807, 2.05) is 0 Å². The lowest BCUT2D eigenvalue weighted by atomic mass is 9.74. The van der Waals surface area contributed by atoms with Crippen molar-refractivity contribution >= 4 is 6.08 Å². The Hall–Kier alpha value is -1.59. The summed E-state index contributed by atoms with van der Waals surface area (Å²) < 4.78 is 69.2. The van der Waals surface area contributed by atoms with Crippen molar-refractivity contribution in [3.05, 3.63) is 34.4 Å². The van der Waals surface area contributed by atoms with E-state index in [0.29, 0.717) is 17.9 Å². The molecule has 0 N–H and O–H groups in total. The Bertz CT molecular complexity index is 715. The zero-order valence-electron chi connectivity index (χ0n) is 16.2. The molecule has 6 heteroatoms. The molecule has 0 spiro atoms. The maximum Gasteiger partial charge on any atom is 0.573 e. The third kappa shape index (κ3) is 5.06. The van der Waals surface area contributed by atoms with Crippen LogP contribution in [-0.2, 0) is 6.42 Å². The number of hydrogen-bond donors (Lipinski definition) is 0. The standard InChI is InChI=1S/C22H27F5O/c1-2-3-4-5-14-6-8-15(9-7-14)16-10-11-18-17(12-16)13-19(23)21(20(18)24)28-22(25,26)27/h12-15H,2-11H2,1H3. The van der Waals surface area contributed by atoms with E-state index in [-0.39, 0.29) is 12.0 Å². The number of alkyl halides is 3. The molecule has 1 aromatic carbocycles. The number of rotatable bonds is 6. The molecule has 0 amide bonds. The van der Waals surface area contributed by atoms with E-state index in [1.54, 1.807) is 6.08 Å². The molecule has 28 heavy (non-hydrogen) atoms. The number of hydrogen-bond acceptors (Lipinski definition) is 1. The summed E-state index contributed by atoms with van der Waals surface area (Å²) >= 11 is 0. The van der Waals surface area contributed by atoms with Crippen molar-refractivity contribution in [2.24, 2.45) is 11.8 Å². The van der Waals surface area contributed by atoms with E-state index >= 15 is 0 Å². The van der Waals surface area contributed by atoms with E-state index in [2.05, 4.69) is 11.7 Å². The Balaban J connectivity index is 1.70. The third-order valence-electron chi connectivity index (χ3n) is 6.12. The van der Waals surface area contributed by atoms with Crippen molar-refractivity contribution in [3.8, 4) is 5.75 Å². The second-order valence-electron chi connectivity index (χ2n) is 8.05. The van der Waals surface area contributed by atoms with E-state index < -0.39 is 23.7 Å². The number of fused-ring (bicyclic) bond motifs is 1. The first kappa shape index (κ1) is 21.1. The Morgan fingerprint density at radius 3 is 2.39 bits per heavy atom. The van der Waals surface area contributed by atoms with Gasteiger partial charge in [0, 0.05) is 0 Å². The zero-order valence-corrected chi connectivity index (χ0v) is 16.2. The van der Waals surface area contributed by atoms with Crippen molar-refractivity contribution in [1.29, 1.82) is 0 Å². The summed E-state index contributed by atoms with van der Waals surface area (Å²) in [6.07, 6.45) is 7.12. The van der Waals surface area contributed by atoms with Gasteiger partial charge in [-0.2, -0.15) is 0 Å². The molecule has 2 aliphatic carbocycles. The van der Waals surface area contributed by atoms with Gasteiger partial charge in [-0.1, -0.05) is 44.3 Å². The second-order valence-corrected chi connectivity index (χ2v) is 8.05. The minimum Gasteiger partial charge on any atom is -0.399 e. The quantitative estimate of drug-likeness (QED) is 0.352.